The summed E-state index contributed by atoms with van der Waals surface area (Å²) < 4.78 is 5.26. The van der Waals surface area contributed by atoms with Gasteiger partial charge in [-0.2, -0.15) is 0 Å². The van der Waals surface area contributed by atoms with Crippen molar-refractivity contribution in [3.05, 3.63) is 0 Å². The summed E-state index contributed by atoms with van der Waals surface area (Å²) in [5.74, 6) is -1.50. The zero-order valence-electron chi connectivity index (χ0n) is 10.3. The molecule has 2 N–H and O–H groups in total. The van der Waals surface area contributed by atoms with Crippen LogP contribution in [0, 0.1) is 0 Å². The first kappa shape index (κ1) is 14.4. The topological polar surface area (TPSA) is 97.2 Å². The molecule has 1 aliphatic heterocycles. The highest BCUT2D eigenvalue weighted by Gasteiger charge is 2.31. The zero-order valence-corrected chi connectivity index (χ0v) is 10.3. The van der Waals surface area contributed by atoms with Crippen LogP contribution in [-0.4, -0.2) is 48.6 Å². The van der Waals surface area contributed by atoms with Gasteiger partial charge >= 0.3 is 5.97 Å². The van der Waals surface area contributed by atoms with Crippen molar-refractivity contribution in [3.63, 3.8) is 0 Å². The van der Waals surface area contributed by atoms with Crippen molar-refractivity contribution in [1.29, 1.82) is 0 Å². The number of hydrogen-bond acceptors (Lipinski definition) is 5. The molecule has 1 rings (SSSR count). The molecule has 0 aliphatic carbocycles. The van der Waals surface area contributed by atoms with E-state index in [0.717, 1.165) is 13.0 Å². The predicted molar refractivity (Wildman–Crippen MR) is 63.3 cm³/mol. The number of carbonyl (C=O) groups is 2. The van der Waals surface area contributed by atoms with Crippen LogP contribution in [0.15, 0.2) is 5.16 Å². The highest BCUT2D eigenvalue weighted by atomic mass is 16.6. The van der Waals surface area contributed by atoms with Gasteiger partial charge in [-0.3, -0.25) is 4.79 Å². The zero-order chi connectivity index (χ0) is 13.4. The lowest BCUT2D eigenvalue weighted by Crippen LogP contribution is -2.36. The monoisotopic (exact) mass is 258 g/mol. The molecule has 0 saturated carbocycles. The van der Waals surface area contributed by atoms with Gasteiger partial charge < -0.3 is 20.0 Å². The van der Waals surface area contributed by atoms with Crippen LogP contribution in [0.1, 0.15) is 26.2 Å². The lowest BCUT2D eigenvalue weighted by atomic mass is 10.1. The number of rotatable bonds is 8. The Labute approximate surface area is 105 Å². The van der Waals surface area contributed by atoms with Gasteiger partial charge in [0.1, 0.15) is 0 Å². The number of aliphatic carboxylic acids is 1. The minimum atomic E-state index is -1.15. The second kappa shape index (κ2) is 7.65. The molecule has 1 heterocycles. The average molecular weight is 258 g/mol. The van der Waals surface area contributed by atoms with Crippen molar-refractivity contribution < 1.29 is 24.3 Å². The van der Waals surface area contributed by atoms with Gasteiger partial charge in [-0.25, -0.2) is 4.79 Å². The van der Waals surface area contributed by atoms with Gasteiger partial charge in [0, 0.05) is 26.2 Å². The van der Waals surface area contributed by atoms with Crippen LogP contribution in [-0.2, 0) is 19.2 Å². The molecule has 0 fully saturated rings. The van der Waals surface area contributed by atoms with E-state index in [0.29, 0.717) is 19.6 Å². The Morgan fingerprint density at radius 1 is 1.56 bits per heavy atom. The first-order valence-electron chi connectivity index (χ1n) is 5.96. The summed E-state index contributed by atoms with van der Waals surface area (Å²) in [5.41, 5.74) is -0.124. The summed E-state index contributed by atoms with van der Waals surface area (Å²) in [4.78, 5) is 26.9. The minimum Gasteiger partial charge on any atom is -0.477 e. The van der Waals surface area contributed by atoms with Crippen LogP contribution in [0.4, 0.5) is 0 Å². The van der Waals surface area contributed by atoms with Gasteiger partial charge in [0.2, 0.25) is 6.10 Å². The van der Waals surface area contributed by atoms with Crippen LogP contribution in [0.2, 0.25) is 0 Å². The fraction of sp³-hybridized carbons (Fsp3) is 0.727. The molecule has 7 nitrogen and oxygen atoms in total. The molecule has 7 heteroatoms. The van der Waals surface area contributed by atoms with E-state index in [9.17, 15) is 9.59 Å². The molecule has 0 aromatic carbocycles. The smallest absolute Gasteiger partial charge is 0.353 e. The lowest BCUT2D eigenvalue weighted by molar-refractivity contribution is -0.131. The maximum Gasteiger partial charge on any atom is 0.353 e. The molecule has 0 radical (unpaired) electrons. The molecule has 0 aromatic rings. The van der Waals surface area contributed by atoms with E-state index in [1.165, 1.54) is 0 Å². The summed E-state index contributed by atoms with van der Waals surface area (Å²) in [7, 11) is 0. The highest BCUT2D eigenvalue weighted by molar-refractivity contribution is 6.36. The predicted octanol–water partition coefficient (Wildman–Crippen LogP) is 0.149. The molecule has 1 aliphatic rings. The van der Waals surface area contributed by atoms with Crippen LogP contribution < -0.4 is 5.32 Å². The average Bonchev–Trinajstić information content (AvgIpc) is 2.83. The fourth-order valence-corrected chi connectivity index (χ4v) is 1.39. The van der Waals surface area contributed by atoms with Gasteiger partial charge in [0.15, 0.2) is 5.71 Å². The molecular weight excluding hydrogens is 240 g/mol. The number of nitrogens with one attached hydrogen (secondary N) is 1. The summed E-state index contributed by atoms with van der Waals surface area (Å²) in [6.45, 7) is 3.82. The second-order valence-electron chi connectivity index (χ2n) is 3.90. The van der Waals surface area contributed by atoms with Crippen LogP contribution in [0.25, 0.3) is 0 Å². The number of ether oxygens (including phenoxy) is 1. The van der Waals surface area contributed by atoms with Gasteiger partial charge in [0.05, 0.1) is 0 Å². The van der Waals surface area contributed by atoms with Crippen LogP contribution >= 0.6 is 0 Å². The largest absolute Gasteiger partial charge is 0.477 e. The van der Waals surface area contributed by atoms with E-state index in [4.69, 9.17) is 14.7 Å². The van der Waals surface area contributed by atoms with Crippen LogP contribution in [0.3, 0.4) is 0 Å². The minimum absolute atomic E-state index is 0.00744. The lowest BCUT2D eigenvalue weighted by Gasteiger charge is -2.09. The van der Waals surface area contributed by atoms with Gasteiger partial charge in [0.25, 0.3) is 5.91 Å². The van der Waals surface area contributed by atoms with Crippen molar-refractivity contribution in [2.75, 3.05) is 19.8 Å². The molecule has 0 saturated heterocycles. The number of hydrogen-bond donors (Lipinski definition) is 2. The normalized spacial score (nSPS) is 18.1. The van der Waals surface area contributed by atoms with E-state index >= 15 is 0 Å². The molecule has 0 aromatic heterocycles. The summed E-state index contributed by atoms with van der Waals surface area (Å²) in [5, 5.41) is 14.6. The fourth-order valence-electron chi connectivity index (χ4n) is 1.39. The molecule has 18 heavy (non-hydrogen) atoms. The Morgan fingerprint density at radius 3 is 2.94 bits per heavy atom. The van der Waals surface area contributed by atoms with Crippen molar-refractivity contribution in [3.8, 4) is 0 Å². The highest BCUT2D eigenvalue weighted by Crippen LogP contribution is 2.10. The summed E-state index contributed by atoms with van der Waals surface area (Å²) >= 11 is 0. The molecular formula is C11H18N2O5. The maximum atomic E-state index is 11.6. The Morgan fingerprint density at radius 2 is 2.33 bits per heavy atom. The second-order valence-corrected chi connectivity index (χ2v) is 3.90. The number of nitrogens with zero attached hydrogens (tertiary/aromatic N) is 1. The van der Waals surface area contributed by atoms with Crippen molar-refractivity contribution >= 4 is 17.6 Å². The number of amides is 1. The quantitative estimate of drug-likeness (QED) is 0.604. The van der Waals surface area contributed by atoms with Crippen molar-refractivity contribution in [1.82, 2.24) is 5.32 Å². The van der Waals surface area contributed by atoms with Crippen molar-refractivity contribution in [2.24, 2.45) is 5.16 Å². The Kier molecular flexibility index (Phi) is 6.13. The third-order valence-electron chi connectivity index (χ3n) is 2.32. The van der Waals surface area contributed by atoms with E-state index in [1.54, 1.807) is 0 Å². The van der Waals surface area contributed by atoms with Crippen molar-refractivity contribution in [2.45, 2.75) is 32.3 Å². The number of carbonyl (C=O) groups excluding carboxylic acids is 1. The van der Waals surface area contributed by atoms with Gasteiger partial charge in [-0.15, -0.1) is 0 Å². The van der Waals surface area contributed by atoms with Gasteiger partial charge in [-0.05, 0) is 12.8 Å². The first-order valence-corrected chi connectivity index (χ1v) is 5.96. The molecule has 1 unspecified atom stereocenters. The van der Waals surface area contributed by atoms with E-state index < -0.39 is 12.1 Å². The van der Waals surface area contributed by atoms with Gasteiger partial charge in [-0.1, -0.05) is 12.1 Å². The van der Waals surface area contributed by atoms with Crippen LogP contribution in [0.5, 0.6) is 0 Å². The Balaban J connectivity index is 2.10. The summed E-state index contributed by atoms with van der Waals surface area (Å²) in [6, 6.07) is 0. The summed E-state index contributed by atoms with van der Waals surface area (Å²) in [6.07, 6.45) is 0.864. The number of carboxylic acid groups (broad SMARTS) is 1. The molecule has 1 amide bonds. The Hall–Kier alpha value is -1.63. The molecule has 102 valence electrons. The molecule has 0 spiro atoms. The molecule has 1 atom stereocenters. The third-order valence-corrected chi connectivity index (χ3v) is 2.32. The van der Waals surface area contributed by atoms with E-state index in [1.807, 2.05) is 6.92 Å². The van der Waals surface area contributed by atoms with E-state index in [-0.39, 0.29) is 18.0 Å². The third kappa shape index (κ3) is 4.70. The maximum absolute atomic E-state index is 11.6. The number of carboxylic acids is 1. The number of oxime groups is 1. The molecule has 0 bridgehead atoms. The first-order chi connectivity index (χ1) is 8.65. The van der Waals surface area contributed by atoms with E-state index in [2.05, 4.69) is 10.5 Å². The standard InChI is InChI=1S/C11H18N2O5/c1-2-5-17-6-3-4-12-10(14)9-7-8(11(15)16)13-18-9/h9H,2-7H2,1H3,(H,12,14)(H,15,16). The Bertz CT molecular complexity index is 329. The SMILES string of the molecule is CCCOCCCNC(=O)C1CC(C(=O)O)=NO1.